The van der Waals surface area contributed by atoms with E-state index in [1.807, 2.05) is 33.3 Å². The van der Waals surface area contributed by atoms with Gasteiger partial charge in [0.2, 0.25) is 5.91 Å². The van der Waals surface area contributed by atoms with Crippen LogP contribution in [0.15, 0.2) is 24.3 Å². The fraction of sp³-hybridized carbons (Fsp3) is 0.902. The van der Waals surface area contributed by atoms with Crippen LogP contribution in [0.5, 0.6) is 0 Å². The maximum atomic E-state index is 13.5. The van der Waals surface area contributed by atoms with Crippen LogP contribution in [0.3, 0.4) is 0 Å². The number of rotatable bonds is 56. The molecule has 0 spiro atoms. The quantitative estimate of drug-likeness (QED) is 0.0212. The van der Waals surface area contributed by atoms with Crippen LogP contribution in [0, 0.1) is 0 Å². The predicted octanol–water partition coefficient (Wildman–Crippen LogP) is 17.9. The Morgan fingerprint density at radius 2 is 0.817 bits per heavy atom. The lowest BCUT2D eigenvalue weighted by molar-refractivity contribution is -0.870. The molecule has 0 saturated heterocycles. The Bertz CT molecular complexity index is 1270. The van der Waals surface area contributed by atoms with E-state index in [9.17, 15) is 19.0 Å². The number of ether oxygens (including phenoxy) is 1. The number of unbranched alkanes of at least 4 members (excludes halogenated alkanes) is 38. The Morgan fingerprint density at radius 1 is 0.479 bits per heavy atom. The van der Waals surface area contributed by atoms with Crippen LogP contribution >= 0.6 is 7.82 Å². The molecule has 0 aliphatic carbocycles. The summed E-state index contributed by atoms with van der Waals surface area (Å²) in [6.45, 7) is 6.87. The first kappa shape index (κ1) is 69.5. The smallest absolute Gasteiger partial charge is 0.306 e. The number of carbonyl (C=O) groups excluding carboxylic acids is 2. The zero-order valence-corrected chi connectivity index (χ0v) is 48.8. The van der Waals surface area contributed by atoms with Crippen LogP contribution in [0.4, 0.5) is 0 Å². The molecule has 0 rings (SSSR count). The molecule has 0 aromatic carbocycles. The number of allylic oxidation sites excluding steroid dienone is 3. The second-order valence-corrected chi connectivity index (χ2v) is 23.6. The zero-order chi connectivity index (χ0) is 52.2. The highest BCUT2D eigenvalue weighted by Gasteiger charge is 2.27. The molecule has 9 nitrogen and oxygen atoms in total. The Kier molecular flexibility index (Phi) is 50.8. The first-order chi connectivity index (χ1) is 34.4. The highest BCUT2D eigenvalue weighted by atomic mass is 31.2. The summed E-state index contributed by atoms with van der Waals surface area (Å²) in [5.41, 5.74) is 0. The van der Waals surface area contributed by atoms with Crippen molar-refractivity contribution in [1.29, 1.82) is 0 Å². The highest BCUT2D eigenvalue weighted by Crippen LogP contribution is 2.38. The van der Waals surface area contributed by atoms with Gasteiger partial charge in [0.25, 0.3) is 7.82 Å². The van der Waals surface area contributed by atoms with Gasteiger partial charge in [-0.25, -0.2) is 0 Å². The van der Waals surface area contributed by atoms with Crippen LogP contribution in [-0.4, -0.2) is 69.4 Å². The number of likely N-dealkylation sites (N-methyl/N-ethyl adjacent to an activating group) is 1. The standard InChI is InChI=1S/C61H119N2O7P/c1-7-10-13-16-19-22-25-28-29-30-31-32-33-36-39-42-45-48-51-54-61(65)70-59(52-49-46-43-40-37-34-26-23-20-17-14-11-8-2)58(57-69-71(66,67)68-56-55-63(4,5)6)62-60(64)53-50-47-44-41-38-35-27-24-21-18-15-12-9-3/h28-29,49,52,58-59H,7-27,30-48,50-51,53-57H2,1-6H3,(H-,62,64,66,67)/b29-28+,52-49+. The molecule has 420 valence electrons. The minimum absolute atomic E-state index is 0.0190. The molecule has 0 aromatic rings. The summed E-state index contributed by atoms with van der Waals surface area (Å²) in [6, 6.07) is -0.882. The van der Waals surface area contributed by atoms with Gasteiger partial charge in [-0.3, -0.25) is 14.2 Å². The van der Waals surface area contributed by atoms with Crippen molar-refractivity contribution in [1.82, 2.24) is 5.32 Å². The molecule has 1 amide bonds. The summed E-state index contributed by atoms with van der Waals surface area (Å²) < 4.78 is 30.3. The van der Waals surface area contributed by atoms with Gasteiger partial charge in [0.05, 0.1) is 33.8 Å². The molecular weight excluding hydrogens is 904 g/mol. The van der Waals surface area contributed by atoms with E-state index < -0.39 is 20.0 Å². The number of quaternary nitrogens is 1. The van der Waals surface area contributed by atoms with Gasteiger partial charge in [-0.2, -0.15) is 0 Å². The SMILES string of the molecule is CCCCCCCC/C=C/CCCCCCCCCCCC(=O)OC(/C=C/CCCCCCCCCCCCC)C(COP(=O)([O-])OCC[N+](C)(C)C)NC(=O)CCCCCCCCCCCCCCC. The first-order valence-corrected chi connectivity index (χ1v) is 32.1. The van der Waals surface area contributed by atoms with Crippen LogP contribution < -0.4 is 10.2 Å². The molecule has 0 aliphatic rings. The lowest BCUT2D eigenvalue weighted by atomic mass is 10.0. The topological polar surface area (TPSA) is 114 Å². The molecule has 10 heteroatoms. The van der Waals surface area contributed by atoms with Crippen molar-refractivity contribution in [3.8, 4) is 0 Å². The number of amides is 1. The Labute approximate surface area is 441 Å². The average molecular weight is 1020 g/mol. The molecule has 0 heterocycles. The molecule has 1 N–H and O–H groups in total. The van der Waals surface area contributed by atoms with Gasteiger partial charge < -0.3 is 28.5 Å². The number of nitrogens with one attached hydrogen (secondary N) is 1. The summed E-state index contributed by atoms with van der Waals surface area (Å²) >= 11 is 0. The third kappa shape index (κ3) is 53.1. The van der Waals surface area contributed by atoms with E-state index in [-0.39, 0.29) is 31.5 Å². The summed E-state index contributed by atoms with van der Waals surface area (Å²) in [5.74, 6) is -0.528. The third-order valence-electron chi connectivity index (χ3n) is 13.9. The van der Waals surface area contributed by atoms with Gasteiger partial charge in [0.15, 0.2) is 0 Å². The minimum Gasteiger partial charge on any atom is -0.756 e. The predicted molar refractivity (Wildman–Crippen MR) is 303 cm³/mol. The van der Waals surface area contributed by atoms with Gasteiger partial charge in [0.1, 0.15) is 19.3 Å². The maximum Gasteiger partial charge on any atom is 0.306 e. The van der Waals surface area contributed by atoms with Gasteiger partial charge in [-0.1, -0.05) is 257 Å². The van der Waals surface area contributed by atoms with E-state index in [1.54, 1.807) is 0 Å². The summed E-state index contributed by atoms with van der Waals surface area (Å²) in [6.07, 6.45) is 59.9. The normalized spacial score (nSPS) is 13.8. The molecule has 3 unspecified atom stereocenters. The van der Waals surface area contributed by atoms with Crippen molar-refractivity contribution in [2.45, 2.75) is 315 Å². The number of nitrogens with zero attached hydrogens (tertiary/aromatic N) is 1. The van der Waals surface area contributed by atoms with E-state index in [0.29, 0.717) is 17.4 Å². The van der Waals surface area contributed by atoms with E-state index in [2.05, 4.69) is 38.2 Å². The van der Waals surface area contributed by atoms with Crippen molar-refractivity contribution in [3.05, 3.63) is 24.3 Å². The largest absolute Gasteiger partial charge is 0.756 e. The van der Waals surface area contributed by atoms with Crippen molar-refractivity contribution < 1.29 is 37.3 Å². The molecule has 3 atom stereocenters. The van der Waals surface area contributed by atoms with E-state index in [0.717, 1.165) is 57.8 Å². The molecule has 0 aromatic heterocycles. The van der Waals surface area contributed by atoms with Crippen LogP contribution in [0.2, 0.25) is 0 Å². The molecule has 71 heavy (non-hydrogen) atoms. The first-order valence-electron chi connectivity index (χ1n) is 30.6. The summed E-state index contributed by atoms with van der Waals surface area (Å²) in [4.78, 5) is 39.9. The molecule has 0 aliphatic heterocycles. The zero-order valence-electron chi connectivity index (χ0n) is 48.0. The Morgan fingerprint density at radius 3 is 1.20 bits per heavy atom. The highest BCUT2D eigenvalue weighted by molar-refractivity contribution is 7.45. The number of phosphoric ester groups is 1. The van der Waals surface area contributed by atoms with E-state index >= 15 is 0 Å². The fourth-order valence-electron chi connectivity index (χ4n) is 9.11. The number of esters is 1. The molecule has 0 fully saturated rings. The number of phosphoric acid groups is 1. The molecular formula is C61H119N2O7P. The van der Waals surface area contributed by atoms with E-state index in [4.69, 9.17) is 13.8 Å². The van der Waals surface area contributed by atoms with Crippen molar-refractivity contribution >= 4 is 19.7 Å². The number of hydrogen-bond acceptors (Lipinski definition) is 7. The van der Waals surface area contributed by atoms with Gasteiger partial charge in [-0.15, -0.1) is 0 Å². The summed E-state index contributed by atoms with van der Waals surface area (Å²) in [7, 11) is 1.20. The molecule has 0 bridgehead atoms. The molecule has 0 saturated carbocycles. The van der Waals surface area contributed by atoms with E-state index in [1.165, 1.54) is 212 Å². The lowest BCUT2D eigenvalue weighted by Crippen LogP contribution is -2.47. The van der Waals surface area contributed by atoms with Crippen LogP contribution in [0.1, 0.15) is 303 Å². The average Bonchev–Trinajstić information content (AvgIpc) is 3.33. The second-order valence-electron chi connectivity index (χ2n) is 22.2. The fourth-order valence-corrected chi connectivity index (χ4v) is 9.83. The number of carbonyl (C=O) groups is 2. The van der Waals surface area contributed by atoms with Gasteiger partial charge in [-0.05, 0) is 57.4 Å². The third-order valence-corrected chi connectivity index (χ3v) is 14.8. The van der Waals surface area contributed by atoms with Crippen LogP contribution in [0.25, 0.3) is 0 Å². The monoisotopic (exact) mass is 1020 g/mol. The van der Waals surface area contributed by atoms with Gasteiger partial charge in [0, 0.05) is 12.8 Å². The Balaban J connectivity index is 5.26. The number of hydrogen-bond donors (Lipinski definition) is 1. The second kappa shape index (κ2) is 52.0. The van der Waals surface area contributed by atoms with Crippen molar-refractivity contribution in [3.63, 3.8) is 0 Å². The lowest BCUT2D eigenvalue weighted by Gasteiger charge is -2.30. The maximum absolute atomic E-state index is 13.5. The van der Waals surface area contributed by atoms with Crippen molar-refractivity contribution in [2.75, 3.05) is 40.9 Å². The van der Waals surface area contributed by atoms with Crippen LogP contribution in [-0.2, 0) is 27.9 Å². The minimum atomic E-state index is -4.69. The van der Waals surface area contributed by atoms with Gasteiger partial charge >= 0.3 is 5.97 Å². The molecule has 0 radical (unpaired) electrons. The Hall–Kier alpha value is -1.51. The van der Waals surface area contributed by atoms with Crippen molar-refractivity contribution in [2.24, 2.45) is 0 Å². The summed E-state index contributed by atoms with van der Waals surface area (Å²) in [5, 5.41) is 3.03.